The molecule has 1 amide bonds. The van der Waals surface area contributed by atoms with Crippen LogP contribution in [0.1, 0.15) is 44.9 Å². The number of amides is 1. The van der Waals surface area contributed by atoms with E-state index in [2.05, 4.69) is 9.97 Å². The average Bonchev–Trinajstić information content (AvgIpc) is 2.85. The fourth-order valence-corrected chi connectivity index (χ4v) is 3.42. The van der Waals surface area contributed by atoms with Crippen molar-refractivity contribution in [3.05, 3.63) is 23.2 Å². The number of hydrogen-bond acceptors (Lipinski definition) is 7. The van der Waals surface area contributed by atoms with E-state index in [1.807, 2.05) is 25.7 Å². The number of rotatable bonds is 2. The van der Waals surface area contributed by atoms with Crippen LogP contribution in [0.5, 0.6) is 0 Å². The van der Waals surface area contributed by atoms with E-state index in [0.29, 0.717) is 37.6 Å². The molecule has 1 unspecified atom stereocenters. The Balaban J connectivity index is 1.77. The molecule has 9 nitrogen and oxygen atoms in total. The first-order valence-electron chi connectivity index (χ1n) is 8.84. The molecule has 1 aliphatic carbocycles. The summed E-state index contributed by atoms with van der Waals surface area (Å²) in [5.41, 5.74) is 0.254. The molecule has 27 heavy (non-hydrogen) atoms. The minimum absolute atomic E-state index is 0.0702. The van der Waals surface area contributed by atoms with Crippen LogP contribution >= 0.6 is 0 Å². The second kappa shape index (κ2) is 6.71. The van der Waals surface area contributed by atoms with Gasteiger partial charge in [0.25, 0.3) is 0 Å². The monoisotopic (exact) mass is 376 g/mol. The van der Waals surface area contributed by atoms with Crippen LogP contribution in [0.15, 0.2) is 11.9 Å². The van der Waals surface area contributed by atoms with E-state index < -0.39 is 17.5 Å². The number of carboxylic acid groups (broad SMARTS) is 1. The van der Waals surface area contributed by atoms with Crippen molar-refractivity contribution in [2.75, 3.05) is 31.1 Å². The van der Waals surface area contributed by atoms with Gasteiger partial charge in [0, 0.05) is 37.7 Å². The highest BCUT2D eigenvalue weighted by Gasteiger charge is 2.38. The summed E-state index contributed by atoms with van der Waals surface area (Å²) in [7, 11) is 0. The van der Waals surface area contributed by atoms with Crippen molar-refractivity contribution in [2.24, 2.45) is 0 Å². The Labute approximate surface area is 157 Å². The van der Waals surface area contributed by atoms with E-state index in [0.717, 1.165) is 0 Å². The van der Waals surface area contributed by atoms with E-state index in [-0.39, 0.29) is 23.1 Å². The van der Waals surface area contributed by atoms with Gasteiger partial charge < -0.3 is 24.7 Å². The number of nitrogens with zero attached hydrogens (tertiary/aromatic N) is 4. The van der Waals surface area contributed by atoms with Gasteiger partial charge in [-0.2, -0.15) is 0 Å². The average molecular weight is 376 g/mol. The predicted octanol–water partition coefficient (Wildman–Crippen LogP) is 2.00. The molecule has 0 radical (unpaired) electrons. The molecule has 2 aliphatic rings. The summed E-state index contributed by atoms with van der Waals surface area (Å²) in [6, 6.07) is 0. The molecule has 0 saturated carbocycles. The Morgan fingerprint density at radius 2 is 1.81 bits per heavy atom. The first-order valence-corrected chi connectivity index (χ1v) is 8.84. The SMILES string of the molecule is CC1C(C(=O)O)=C(O)c2ncnc(N3CCN(C(=O)OC(C)(C)C)CC3)c21. The molecule has 0 bridgehead atoms. The van der Waals surface area contributed by atoms with Crippen molar-refractivity contribution in [1.82, 2.24) is 14.9 Å². The Hall–Kier alpha value is -2.84. The Morgan fingerprint density at radius 1 is 1.19 bits per heavy atom. The molecule has 0 spiro atoms. The Bertz CT molecular complexity index is 806. The standard InChI is InChI=1S/C18H24N4O5/c1-10-11-13(14(23)12(10)16(24)25)19-9-20-15(11)21-5-7-22(8-6-21)17(26)27-18(2,3)4/h9-10,23H,5-8H2,1-4H3,(H,24,25). The highest BCUT2D eigenvalue weighted by Crippen LogP contribution is 2.43. The number of aliphatic carboxylic acids is 1. The third kappa shape index (κ3) is 3.54. The van der Waals surface area contributed by atoms with Gasteiger partial charge >= 0.3 is 12.1 Å². The lowest BCUT2D eigenvalue weighted by molar-refractivity contribution is -0.132. The van der Waals surface area contributed by atoms with Crippen LogP contribution in [0.3, 0.4) is 0 Å². The van der Waals surface area contributed by atoms with Gasteiger partial charge in [-0.05, 0) is 20.8 Å². The topological polar surface area (TPSA) is 116 Å². The zero-order valence-electron chi connectivity index (χ0n) is 15.9. The molecular weight excluding hydrogens is 352 g/mol. The van der Waals surface area contributed by atoms with Gasteiger partial charge in [0.1, 0.15) is 23.4 Å². The molecule has 1 atom stereocenters. The van der Waals surface area contributed by atoms with Gasteiger partial charge in [0.2, 0.25) is 0 Å². The fourth-order valence-electron chi connectivity index (χ4n) is 3.42. The molecule has 9 heteroatoms. The predicted molar refractivity (Wildman–Crippen MR) is 97.7 cm³/mol. The van der Waals surface area contributed by atoms with E-state index >= 15 is 0 Å². The van der Waals surface area contributed by atoms with Crippen LogP contribution in [-0.4, -0.2) is 68.9 Å². The fraction of sp³-hybridized carbons (Fsp3) is 0.556. The lowest BCUT2D eigenvalue weighted by Gasteiger charge is -2.37. The molecule has 0 aromatic carbocycles. The number of aromatic nitrogens is 2. The van der Waals surface area contributed by atoms with Crippen LogP contribution < -0.4 is 4.90 Å². The molecule has 2 heterocycles. The Kier molecular flexibility index (Phi) is 4.71. The maximum Gasteiger partial charge on any atom is 0.410 e. The van der Waals surface area contributed by atoms with Crippen LogP contribution in [-0.2, 0) is 9.53 Å². The number of aliphatic hydroxyl groups excluding tert-OH is 1. The second-order valence-corrected chi connectivity index (χ2v) is 7.70. The Morgan fingerprint density at radius 3 is 2.37 bits per heavy atom. The first kappa shape index (κ1) is 18.9. The maximum absolute atomic E-state index is 12.2. The number of aliphatic hydroxyl groups is 1. The number of carboxylic acids is 1. The van der Waals surface area contributed by atoms with Crippen LogP contribution in [0.4, 0.5) is 10.6 Å². The molecule has 146 valence electrons. The van der Waals surface area contributed by atoms with Crippen molar-refractivity contribution in [2.45, 2.75) is 39.2 Å². The smallest absolute Gasteiger partial charge is 0.410 e. The lowest BCUT2D eigenvalue weighted by atomic mass is 9.99. The van der Waals surface area contributed by atoms with Gasteiger partial charge in [-0.3, -0.25) is 0 Å². The summed E-state index contributed by atoms with van der Waals surface area (Å²) in [5.74, 6) is -1.39. The summed E-state index contributed by atoms with van der Waals surface area (Å²) in [6.07, 6.45) is 0.971. The van der Waals surface area contributed by atoms with Gasteiger partial charge in [-0.15, -0.1) is 0 Å². The summed E-state index contributed by atoms with van der Waals surface area (Å²) >= 11 is 0. The highest BCUT2D eigenvalue weighted by atomic mass is 16.6. The van der Waals surface area contributed by atoms with Crippen molar-refractivity contribution < 1.29 is 24.5 Å². The zero-order valence-corrected chi connectivity index (χ0v) is 15.9. The number of hydrogen-bond donors (Lipinski definition) is 2. The van der Waals surface area contributed by atoms with E-state index in [1.54, 1.807) is 11.8 Å². The number of carbonyl (C=O) groups excluding carboxylic acids is 1. The molecule has 1 aromatic heterocycles. The van der Waals surface area contributed by atoms with Crippen LogP contribution in [0.2, 0.25) is 0 Å². The number of anilines is 1. The normalized spacial score (nSPS) is 19.9. The minimum atomic E-state index is -1.17. The van der Waals surface area contributed by atoms with Crippen molar-refractivity contribution in [3.63, 3.8) is 0 Å². The largest absolute Gasteiger partial charge is 0.505 e. The molecule has 2 N–H and O–H groups in total. The second-order valence-electron chi connectivity index (χ2n) is 7.70. The molecule has 1 saturated heterocycles. The van der Waals surface area contributed by atoms with Gasteiger partial charge in [-0.1, -0.05) is 6.92 Å². The van der Waals surface area contributed by atoms with Crippen molar-refractivity contribution in [1.29, 1.82) is 0 Å². The summed E-state index contributed by atoms with van der Waals surface area (Å²) in [5, 5.41) is 19.6. The number of fused-ring (bicyclic) bond motifs is 1. The zero-order chi connectivity index (χ0) is 19.9. The van der Waals surface area contributed by atoms with Crippen molar-refractivity contribution in [3.8, 4) is 0 Å². The molecule has 1 fully saturated rings. The van der Waals surface area contributed by atoms with Crippen LogP contribution in [0, 0.1) is 0 Å². The summed E-state index contributed by atoms with van der Waals surface area (Å²) < 4.78 is 5.40. The maximum atomic E-state index is 12.2. The van der Waals surface area contributed by atoms with Crippen molar-refractivity contribution >= 4 is 23.6 Å². The molecular formula is C18H24N4O5. The molecule has 3 rings (SSSR count). The third-order valence-electron chi connectivity index (χ3n) is 4.67. The number of ether oxygens (including phenoxy) is 1. The van der Waals surface area contributed by atoms with Crippen LogP contribution in [0.25, 0.3) is 5.76 Å². The van der Waals surface area contributed by atoms with E-state index in [1.165, 1.54) is 6.33 Å². The van der Waals surface area contributed by atoms with Gasteiger partial charge in [-0.25, -0.2) is 19.6 Å². The molecule has 1 aromatic rings. The highest BCUT2D eigenvalue weighted by molar-refractivity contribution is 5.99. The van der Waals surface area contributed by atoms with E-state index in [9.17, 15) is 19.8 Å². The first-order chi connectivity index (χ1) is 12.6. The lowest BCUT2D eigenvalue weighted by Crippen LogP contribution is -2.50. The quantitative estimate of drug-likeness (QED) is 0.805. The number of piperazine rings is 1. The summed E-state index contributed by atoms with van der Waals surface area (Å²) in [6.45, 7) is 9.18. The summed E-state index contributed by atoms with van der Waals surface area (Å²) in [4.78, 5) is 35.7. The molecule has 1 aliphatic heterocycles. The number of carbonyl (C=O) groups is 2. The van der Waals surface area contributed by atoms with Gasteiger partial charge in [0.05, 0.1) is 5.57 Å². The third-order valence-corrected chi connectivity index (χ3v) is 4.67. The minimum Gasteiger partial charge on any atom is -0.505 e. The van der Waals surface area contributed by atoms with Gasteiger partial charge in [0.15, 0.2) is 5.76 Å². The van der Waals surface area contributed by atoms with E-state index in [4.69, 9.17) is 4.74 Å².